The number of halogens is 1. The van der Waals surface area contributed by atoms with Crippen LogP contribution in [0.5, 0.6) is 5.75 Å². The molecule has 5 heteroatoms. The number of nitrogens with two attached hydrogens (primary N) is 1. The smallest absolute Gasteiger partial charge is 0.188 e. The summed E-state index contributed by atoms with van der Waals surface area (Å²) in [5, 5.41) is 2.99. The first kappa shape index (κ1) is 14.3. The van der Waals surface area contributed by atoms with Gasteiger partial charge in [-0.15, -0.1) is 0 Å². The highest BCUT2D eigenvalue weighted by molar-refractivity contribution is 5.78. The van der Waals surface area contributed by atoms with E-state index in [-0.39, 0.29) is 18.0 Å². The van der Waals surface area contributed by atoms with Crippen molar-refractivity contribution in [3.05, 3.63) is 30.1 Å². The second kappa shape index (κ2) is 6.83. The van der Waals surface area contributed by atoms with Crippen molar-refractivity contribution in [3.8, 4) is 5.75 Å². The van der Waals surface area contributed by atoms with E-state index in [0.717, 1.165) is 0 Å². The third kappa shape index (κ3) is 5.52. The van der Waals surface area contributed by atoms with E-state index in [9.17, 15) is 4.39 Å². The van der Waals surface area contributed by atoms with E-state index < -0.39 is 0 Å². The van der Waals surface area contributed by atoms with Crippen LogP contribution in [0, 0.1) is 5.82 Å². The summed E-state index contributed by atoms with van der Waals surface area (Å²) in [4.78, 5) is 4.16. The fourth-order valence-corrected chi connectivity index (χ4v) is 1.35. The Bertz CT molecular complexity index is 390. The van der Waals surface area contributed by atoms with E-state index >= 15 is 0 Å². The van der Waals surface area contributed by atoms with Crippen LogP contribution in [0.4, 0.5) is 4.39 Å². The molecule has 0 heterocycles. The Morgan fingerprint density at radius 1 is 1.33 bits per heavy atom. The molecule has 0 aliphatic carbocycles. The molecule has 0 saturated heterocycles. The topological polar surface area (TPSA) is 59.6 Å². The van der Waals surface area contributed by atoms with Gasteiger partial charge in [0.05, 0.1) is 6.54 Å². The van der Waals surface area contributed by atoms with Crippen LogP contribution in [0.3, 0.4) is 0 Å². The van der Waals surface area contributed by atoms with Gasteiger partial charge in [0.1, 0.15) is 17.7 Å². The quantitative estimate of drug-likeness (QED) is 0.622. The molecule has 1 atom stereocenters. The molecule has 0 fully saturated rings. The van der Waals surface area contributed by atoms with Crippen molar-refractivity contribution in [1.82, 2.24) is 5.32 Å². The number of hydrogen-bond donors (Lipinski definition) is 2. The summed E-state index contributed by atoms with van der Waals surface area (Å²) in [6.07, 6.45) is -0.122. The number of nitrogens with zero attached hydrogens (tertiary/aromatic N) is 1. The first-order valence-corrected chi connectivity index (χ1v) is 5.96. The Hall–Kier alpha value is -1.78. The van der Waals surface area contributed by atoms with Crippen LogP contribution in [0.25, 0.3) is 0 Å². The Balaban J connectivity index is 2.42. The maximum absolute atomic E-state index is 12.7. The number of benzene rings is 1. The van der Waals surface area contributed by atoms with Crippen LogP contribution in [0.1, 0.15) is 20.8 Å². The molecule has 0 spiro atoms. The van der Waals surface area contributed by atoms with Gasteiger partial charge in [-0.3, -0.25) is 0 Å². The Labute approximate surface area is 107 Å². The lowest BCUT2D eigenvalue weighted by Gasteiger charge is -2.14. The van der Waals surface area contributed by atoms with E-state index in [0.29, 0.717) is 18.3 Å². The SMILES string of the molecule is CC(C)NC(N)=NCC(C)Oc1ccc(F)cc1. The third-order valence-electron chi connectivity index (χ3n) is 2.11. The lowest BCUT2D eigenvalue weighted by molar-refractivity contribution is 0.230. The molecular formula is C13H20FN3O. The molecule has 0 radical (unpaired) electrons. The van der Waals surface area contributed by atoms with Crippen molar-refractivity contribution in [2.75, 3.05) is 6.54 Å². The Morgan fingerprint density at radius 3 is 2.50 bits per heavy atom. The largest absolute Gasteiger partial charge is 0.489 e. The maximum atomic E-state index is 12.7. The average Bonchev–Trinajstić information content (AvgIpc) is 2.29. The van der Waals surface area contributed by atoms with E-state index in [1.165, 1.54) is 12.1 Å². The highest BCUT2D eigenvalue weighted by Gasteiger charge is 2.04. The van der Waals surface area contributed by atoms with E-state index in [2.05, 4.69) is 10.3 Å². The molecule has 3 N–H and O–H groups in total. The molecule has 0 saturated carbocycles. The minimum absolute atomic E-state index is 0.122. The van der Waals surface area contributed by atoms with Crippen molar-refractivity contribution in [2.24, 2.45) is 10.7 Å². The predicted molar refractivity (Wildman–Crippen MR) is 71.3 cm³/mol. The number of hydrogen-bond acceptors (Lipinski definition) is 2. The molecule has 4 nitrogen and oxygen atoms in total. The fraction of sp³-hybridized carbons (Fsp3) is 0.462. The predicted octanol–water partition coefficient (Wildman–Crippen LogP) is 1.91. The first-order chi connectivity index (χ1) is 8.47. The van der Waals surface area contributed by atoms with Gasteiger partial charge in [-0.25, -0.2) is 9.38 Å². The van der Waals surface area contributed by atoms with Gasteiger partial charge >= 0.3 is 0 Å². The second-order valence-electron chi connectivity index (χ2n) is 4.41. The highest BCUT2D eigenvalue weighted by atomic mass is 19.1. The molecule has 0 amide bonds. The van der Waals surface area contributed by atoms with Crippen molar-refractivity contribution < 1.29 is 9.13 Å². The zero-order valence-electron chi connectivity index (χ0n) is 11.0. The molecule has 0 bridgehead atoms. The van der Waals surface area contributed by atoms with E-state index in [1.54, 1.807) is 12.1 Å². The molecule has 18 heavy (non-hydrogen) atoms. The zero-order valence-corrected chi connectivity index (χ0v) is 11.0. The van der Waals surface area contributed by atoms with Gasteiger partial charge in [-0.05, 0) is 45.0 Å². The third-order valence-corrected chi connectivity index (χ3v) is 2.11. The van der Waals surface area contributed by atoms with Crippen molar-refractivity contribution in [2.45, 2.75) is 32.9 Å². The molecule has 0 aliphatic rings. The van der Waals surface area contributed by atoms with Crippen molar-refractivity contribution in [1.29, 1.82) is 0 Å². The summed E-state index contributed by atoms with van der Waals surface area (Å²) in [5.74, 6) is 0.743. The summed E-state index contributed by atoms with van der Waals surface area (Å²) in [7, 11) is 0. The molecule has 0 aliphatic heterocycles. The molecule has 1 aromatic carbocycles. The molecule has 1 unspecified atom stereocenters. The fourth-order valence-electron chi connectivity index (χ4n) is 1.35. The van der Waals surface area contributed by atoms with E-state index in [4.69, 9.17) is 10.5 Å². The minimum Gasteiger partial charge on any atom is -0.489 e. The van der Waals surface area contributed by atoms with Gasteiger partial charge < -0.3 is 15.8 Å². The van der Waals surface area contributed by atoms with Crippen molar-refractivity contribution >= 4 is 5.96 Å². The lowest BCUT2D eigenvalue weighted by atomic mass is 10.3. The maximum Gasteiger partial charge on any atom is 0.188 e. The normalized spacial score (nSPS) is 13.5. The number of aliphatic imine (C=N–C) groups is 1. The molecule has 0 aromatic heterocycles. The van der Waals surface area contributed by atoms with Gasteiger partial charge in [0, 0.05) is 6.04 Å². The number of rotatable bonds is 5. The van der Waals surface area contributed by atoms with Crippen LogP contribution in [-0.2, 0) is 0 Å². The molecule has 1 aromatic rings. The second-order valence-corrected chi connectivity index (χ2v) is 4.41. The van der Waals surface area contributed by atoms with E-state index in [1.807, 2.05) is 20.8 Å². The van der Waals surface area contributed by atoms with Gasteiger partial charge in [0.15, 0.2) is 5.96 Å². The van der Waals surface area contributed by atoms with Gasteiger partial charge in [-0.2, -0.15) is 0 Å². The number of nitrogens with one attached hydrogen (secondary N) is 1. The monoisotopic (exact) mass is 253 g/mol. The van der Waals surface area contributed by atoms with Crippen molar-refractivity contribution in [3.63, 3.8) is 0 Å². The lowest BCUT2D eigenvalue weighted by Crippen LogP contribution is -2.37. The highest BCUT2D eigenvalue weighted by Crippen LogP contribution is 2.12. The van der Waals surface area contributed by atoms with Crippen LogP contribution in [0.2, 0.25) is 0 Å². The Morgan fingerprint density at radius 2 is 1.94 bits per heavy atom. The van der Waals surface area contributed by atoms with Crippen LogP contribution >= 0.6 is 0 Å². The zero-order chi connectivity index (χ0) is 13.5. The Kier molecular flexibility index (Phi) is 5.42. The van der Waals surface area contributed by atoms with Crippen LogP contribution in [-0.4, -0.2) is 24.7 Å². The standard InChI is InChI=1S/C13H20FN3O/c1-9(2)17-13(15)16-8-10(3)18-12-6-4-11(14)5-7-12/h4-7,9-10H,8H2,1-3H3,(H3,15,16,17). The summed E-state index contributed by atoms with van der Waals surface area (Å²) in [5.41, 5.74) is 5.67. The average molecular weight is 253 g/mol. The van der Waals surface area contributed by atoms with Crippen LogP contribution < -0.4 is 15.8 Å². The summed E-state index contributed by atoms with van der Waals surface area (Å²) in [6.45, 7) is 6.31. The minimum atomic E-state index is -0.279. The van der Waals surface area contributed by atoms with Crippen LogP contribution in [0.15, 0.2) is 29.3 Å². The van der Waals surface area contributed by atoms with Gasteiger partial charge in [0.2, 0.25) is 0 Å². The van der Waals surface area contributed by atoms with Gasteiger partial charge in [-0.1, -0.05) is 0 Å². The summed E-state index contributed by atoms with van der Waals surface area (Å²) < 4.78 is 18.3. The molecule has 100 valence electrons. The molecular weight excluding hydrogens is 233 g/mol. The molecule has 1 rings (SSSR count). The summed E-state index contributed by atoms with van der Waals surface area (Å²) in [6, 6.07) is 6.15. The number of guanidine groups is 1. The first-order valence-electron chi connectivity index (χ1n) is 5.96. The summed E-state index contributed by atoms with van der Waals surface area (Å²) >= 11 is 0. The van der Waals surface area contributed by atoms with Gasteiger partial charge in [0.25, 0.3) is 0 Å². The number of ether oxygens (including phenoxy) is 1.